The molecule has 2 aromatic carbocycles. The third-order valence-electron chi connectivity index (χ3n) is 4.03. The van der Waals surface area contributed by atoms with Crippen molar-refractivity contribution in [1.82, 2.24) is 24.4 Å². The molecule has 142 valence electrons. The fourth-order valence-electron chi connectivity index (χ4n) is 2.63. The molecule has 28 heavy (non-hydrogen) atoms. The van der Waals surface area contributed by atoms with Crippen LogP contribution in [0.25, 0.3) is 17.2 Å². The van der Waals surface area contributed by atoms with Crippen LogP contribution in [0.3, 0.4) is 0 Å². The molecular weight excluding hydrogens is 403 g/mol. The Kier molecular flexibility index (Phi) is 4.93. The lowest BCUT2D eigenvalue weighted by atomic mass is 10.3. The highest BCUT2D eigenvalue weighted by Gasteiger charge is 2.17. The number of methoxy groups -OCH3 is 1. The zero-order valence-corrected chi connectivity index (χ0v) is 16.4. The second-order valence-electron chi connectivity index (χ2n) is 5.78. The van der Waals surface area contributed by atoms with Gasteiger partial charge in [-0.3, -0.25) is 0 Å². The third kappa shape index (κ3) is 3.41. The first-order valence-corrected chi connectivity index (χ1v) is 9.34. The van der Waals surface area contributed by atoms with Crippen molar-refractivity contribution >= 4 is 34.0 Å². The highest BCUT2D eigenvalue weighted by Crippen LogP contribution is 2.30. The van der Waals surface area contributed by atoms with Crippen molar-refractivity contribution in [3.8, 4) is 23.0 Å². The zero-order chi connectivity index (χ0) is 19.7. The largest absolute Gasteiger partial charge is 0.495 e. The summed E-state index contributed by atoms with van der Waals surface area (Å²) in [7, 11) is 1.61. The number of nitrogens with zero attached hydrogens (tertiary/aromatic N) is 5. The fourth-order valence-corrected chi connectivity index (χ4v) is 3.39. The lowest BCUT2D eigenvalue weighted by molar-refractivity contribution is 0.417. The van der Waals surface area contributed by atoms with Crippen LogP contribution >= 0.6 is 23.1 Å². The molecule has 4 aromatic rings. The van der Waals surface area contributed by atoms with E-state index < -0.39 is 5.82 Å². The number of hydrogen-bond donors (Lipinski definition) is 1. The standard InChI is InChI=1S/C18H14ClFN6OS/c1-10-16(23-25-26(10)11-7-8-13(20)12(19)9-11)17-22-18(28-24-17)21-14-5-3-4-6-15(14)27-2/h3-9H,1-2H3,(H,21,22,24). The number of ether oxygens (including phenoxy) is 1. The van der Waals surface area contributed by atoms with Crippen molar-refractivity contribution in [2.24, 2.45) is 0 Å². The van der Waals surface area contributed by atoms with Gasteiger partial charge in [-0.1, -0.05) is 28.9 Å². The van der Waals surface area contributed by atoms with Gasteiger partial charge < -0.3 is 10.1 Å². The molecule has 0 radical (unpaired) electrons. The summed E-state index contributed by atoms with van der Waals surface area (Å²) in [4.78, 5) is 4.49. The van der Waals surface area contributed by atoms with E-state index >= 15 is 0 Å². The smallest absolute Gasteiger partial charge is 0.207 e. The first kappa shape index (κ1) is 18.3. The molecule has 0 amide bonds. The molecule has 0 saturated heterocycles. The van der Waals surface area contributed by atoms with E-state index in [4.69, 9.17) is 16.3 Å². The highest BCUT2D eigenvalue weighted by molar-refractivity contribution is 7.09. The molecule has 4 rings (SSSR count). The maximum atomic E-state index is 13.4. The summed E-state index contributed by atoms with van der Waals surface area (Å²) in [6.45, 7) is 1.83. The van der Waals surface area contributed by atoms with E-state index in [1.165, 1.54) is 23.7 Å². The summed E-state index contributed by atoms with van der Waals surface area (Å²) < 4.78 is 24.7. The molecule has 0 unspecified atom stereocenters. The van der Waals surface area contributed by atoms with Crippen molar-refractivity contribution in [3.63, 3.8) is 0 Å². The summed E-state index contributed by atoms with van der Waals surface area (Å²) in [5, 5.41) is 12.1. The van der Waals surface area contributed by atoms with Gasteiger partial charge in [-0.2, -0.15) is 9.36 Å². The van der Waals surface area contributed by atoms with Crippen LogP contribution in [0.1, 0.15) is 5.69 Å². The molecule has 0 fully saturated rings. The summed E-state index contributed by atoms with van der Waals surface area (Å²) in [6, 6.07) is 11.9. The van der Waals surface area contributed by atoms with Crippen molar-refractivity contribution in [2.75, 3.05) is 12.4 Å². The van der Waals surface area contributed by atoms with Crippen LogP contribution in [0.5, 0.6) is 5.75 Å². The molecule has 0 atom stereocenters. The van der Waals surface area contributed by atoms with Gasteiger partial charge in [-0.15, -0.1) is 5.10 Å². The molecule has 0 bridgehead atoms. The van der Waals surface area contributed by atoms with Crippen LogP contribution in [0.15, 0.2) is 42.5 Å². The maximum Gasteiger partial charge on any atom is 0.207 e. The number of halogens is 2. The van der Waals surface area contributed by atoms with E-state index in [2.05, 4.69) is 25.0 Å². The van der Waals surface area contributed by atoms with Crippen molar-refractivity contribution < 1.29 is 9.13 Å². The number of nitrogens with one attached hydrogen (secondary N) is 1. The normalized spacial score (nSPS) is 10.9. The summed E-state index contributed by atoms with van der Waals surface area (Å²) >= 11 is 7.07. The van der Waals surface area contributed by atoms with Gasteiger partial charge in [0.05, 0.1) is 29.2 Å². The minimum atomic E-state index is -0.489. The van der Waals surface area contributed by atoms with Crippen molar-refractivity contribution in [3.05, 3.63) is 59.0 Å². The Labute approximate surface area is 168 Å². The van der Waals surface area contributed by atoms with Gasteiger partial charge in [0.25, 0.3) is 0 Å². The topological polar surface area (TPSA) is 77.8 Å². The number of benzene rings is 2. The Morgan fingerprint density at radius 3 is 2.82 bits per heavy atom. The van der Waals surface area contributed by atoms with Crippen LogP contribution in [0, 0.1) is 12.7 Å². The molecule has 2 heterocycles. The van der Waals surface area contributed by atoms with Crippen LogP contribution in [0.2, 0.25) is 5.02 Å². The van der Waals surface area contributed by atoms with E-state index in [0.717, 1.165) is 5.69 Å². The van der Waals surface area contributed by atoms with E-state index in [1.807, 2.05) is 31.2 Å². The first-order chi connectivity index (χ1) is 13.6. The van der Waals surface area contributed by atoms with E-state index in [1.54, 1.807) is 17.9 Å². The summed E-state index contributed by atoms with van der Waals surface area (Å²) in [6.07, 6.45) is 0. The predicted octanol–water partition coefficient (Wildman–Crippen LogP) is 4.64. The average molecular weight is 417 g/mol. The van der Waals surface area contributed by atoms with E-state index in [0.29, 0.717) is 33.8 Å². The monoisotopic (exact) mass is 416 g/mol. The van der Waals surface area contributed by atoms with Crippen LogP contribution < -0.4 is 10.1 Å². The number of para-hydroxylation sites is 2. The lowest BCUT2D eigenvalue weighted by Gasteiger charge is -2.07. The molecule has 0 spiro atoms. The van der Waals surface area contributed by atoms with Crippen molar-refractivity contribution in [1.29, 1.82) is 0 Å². The van der Waals surface area contributed by atoms with Gasteiger partial charge in [0.15, 0.2) is 11.5 Å². The second kappa shape index (κ2) is 7.53. The van der Waals surface area contributed by atoms with Crippen LogP contribution in [-0.2, 0) is 0 Å². The van der Waals surface area contributed by atoms with Gasteiger partial charge in [0.2, 0.25) is 5.13 Å². The molecule has 10 heteroatoms. The Morgan fingerprint density at radius 2 is 2.04 bits per heavy atom. The highest BCUT2D eigenvalue weighted by atomic mass is 35.5. The Bertz CT molecular complexity index is 1140. The predicted molar refractivity (Wildman–Crippen MR) is 106 cm³/mol. The molecule has 0 aliphatic carbocycles. The van der Waals surface area contributed by atoms with E-state index in [-0.39, 0.29) is 5.02 Å². The lowest BCUT2D eigenvalue weighted by Crippen LogP contribution is -1.99. The number of aromatic nitrogens is 5. The Hall–Kier alpha value is -3.04. The third-order valence-corrected chi connectivity index (χ3v) is 4.95. The van der Waals surface area contributed by atoms with Gasteiger partial charge in [0, 0.05) is 11.5 Å². The second-order valence-corrected chi connectivity index (χ2v) is 6.94. The molecule has 0 saturated carbocycles. The van der Waals surface area contributed by atoms with Crippen molar-refractivity contribution in [2.45, 2.75) is 6.92 Å². The zero-order valence-electron chi connectivity index (χ0n) is 14.8. The van der Waals surface area contributed by atoms with Gasteiger partial charge >= 0.3 is 0 Å². The number of hydrogen-bond acceptors (Lipinski definition) is 7. The quantitative estimate of drug-likeness (QED) is 0.510. The van der Waals surface area contributed by atoms with Crippen LogP contribution in [0.4, 0.5) is 15.2 Å². The van der Waals surface area contributed by atoms with Crippen LogP contribution in [-0.4, -0.2) is 31.5 Å². The molecule has 2 aromatic heterocycles. The maximum absolute atomic E-state index is 13.4. The van der Waals surface area contributed by atoms with Gasteiger partial charge in [0.1, 0.15) is 11.6 Å². The molecule has 0 aliphatic rings. The minimum absolute atomic E-state index is 0.0176. The first-order valence-electron chi connectivity index (χ1n) is 8.18. The van der Waals surface area contributed by atoms with Gasteiger partial charge in [-0.05, 0) is 37.3 Å². The molecule has 1 N–H and O–H groups in total. The molecule has 7 nitrogen and oxygen atoms in total. The fraction of sp³-hybridized carbons (Fsp3) is 0.111. The Balaban J connectivity index is 1.62. The number of rotatable bonds is 5. The summed E-state index contributed by atoms with van der Waals surface area (Å²) in [5.41, 5.74) is 2.63. The SMILES string of the molecule is COc1ccccc1Nc1nc(-c2nnn(-c3ccc(F)c(Cl)c3)c2C)ns1. The summed E-state index contributed by atoms with van der Waals surface area (Å²) in [5.74, 6) is 0.658. The van der Waals surface area contributed by atoms with Gasteiger partial charge in [-0.25, -0.2) is 9.07 Å². The van der Waals surface area contributed by atoms with E-state index in [9.17, 15) is 4.39 Å². The molecular formula is C18H14ClFN6OS. The number of anilines is 2. The minimum Gasteiger partial charge on any atom is -0.495 e. The molecule has 0 aliphatic heterocycles. The Morgan fingerprint density at radius 1 is 1.21 bits per heavy atom. The average Bonchev–Trinajstić information content (AvgIpc) is 3.31.